The van der Waals surface area contributed by atoms with Gasteiger partial charge in [0.25, 0.3) is 10.0 Å². The fraction of sp³-hybridized carbons (Fsp3) is 0.400. The Balaban J connectivity index is 2.00. The molecule has 0 aliphatic rings. The van der Waals surface area contributed by atoms with Crippen molar-refractivity contribution in [2.24, 2.45) is 12.2 Å². The number of hydrogen-bond acceptors (Lipinski definition) is 6. The molecule has 2 aromatic heterocycles. The van der Waals surface area contributed by atoms with Gasteiger partial charge >= 0.3 is 0 Å². The van der Waals surface area contributed by atoms with Crippen LogP contribution in [0.15, 0.2) is 28.0 Å². The standard InChI is InChI=1S/C10H15N5O3S/c1-7(10-14-13-6-15(10)2)12-5-8-3-4-9(18-8)19(11,16)17/h3-4,6-7,12H,5H2,1-2H3,(H2,11,16,17). The van der Waals surface area contributed by atoms with E-state index < -0.39 is 10.0 Å². The number of rotatable bonds is 5. The normalized spacial score (nSPS) is 13.6. The minimum absolute atomic E-state index is 0.0458. The average Bonchev–Trinajstić information content (AvgIpc) is 2.93. The number of aryl methyl sites for hydroxylation is 1. The van der Waals surface area contributed by atoms with Crippen molar-refractivity contribution in [3.63, 3.8) is 0 Å². The molecule has 0 radical (unpaired) electrons. The molecule has 2 heterocycles. The van der Waals surface area contributed by atoms with Crippen molar-refractivity contribution >= 4 is 10.0 Å². The number of nitrogens with two attached hydrogens (primary N) is 1. The largest absolute Gasteiger partial charge is 0.447 e. The number of nitrogens with one attached hydrogen (secondary N) is 1. The summed E-state index contributed by atoms with van der Waals surface area (Å²) < 4.78 is 29.0. The van der Waals surface area contributed by atoms with Crippen LogP contribution < -0.4 is 10.5 Å². The molecule has 0 aliphatic heterocycles. The molecule has 3 N–H and O–H groups in total. The summed E-state index contributed by atoms with van der Waals surface area (Å²) in [6, 6.07) is 2.85. The van der Waals surface area contributed by atoms with E-state index >= 15 is 0 Å². The SMILES string of the molecule is CC(NCc1ccc(S(N)(=O)=O)o1)c1nncn1C. The summed E-state index contributed by atoms with van der Waals surface area (Å²) >= 11 is 0. The first-order chi connectivity index (χ1) is 8.88. The van der Waals surface area contributed by atoms with Crippen molar-refractivity contribution in [1.82, 2.24) is 20.1 Å². The van der Waals surface area contributed by atoms with Gasteiger partial charge in [0.05, 0.1) is 12.6 Å². The van der Waals surface area contributed by atoms with E-state index in [1.54, 1.807) is 17.0 Å². The molecule has 8 nitrogen and oxygen atoms in total. The molecule has 0 aromatic carbocycles. The highest BCUT2D eigenvalue weighted by atomic mass is 32.2. The van der Waals surface area contributed by atoms with Gasteiger partial charge in [-0.3, -0.25) is 0 Å². The summed E-state index contributed by atoms with van der Waals surface area (Å²) in [5.41, 5.74) is 0. The Labute approximate surface area is 110 Å². The van der Waals surface area contributed by atoms with Crippen molar-refractivity contribution in [3.8, 4) is 0 Å². The molecule has 0 saturated heterocycles. The Morgan fingerprint density at radius 3 is 2.79 bits per heavy atom. The van der Waals surface area contributed by atoms with Gasteiger partial charge in [0, 0.05) is 7.05 Å². The van der Waals surface area contributed by atoms with Crippen LogP contribution in [0.3, 0.4) is 0 Å². The van der Waals surface area contributed by atoms with Crippen molar-refractivity contribution in [2.45, 2.75) is 24.6 Å². The highest BCUT2D eigenvalue weighted by Gasteiger charge is 2.15. The molecule has 0 fully saturated rings. The molecule has 2 aromatic rings. The minimum atomic E-state index is -3.79. The van der Waals surface area contributed by atoms with Crippen LogP contribution in [-0.4, -0.2) is 23.2 Å². The van der Waals surface area contributed by atoms with E-state index in [1.165, 1.54) is 6.07 Å². The van der Waals surface area contributed by atoms with E-state index in [2.05, 4.69) is 15.5 Å². The molecule has 0 aliphatic carbocycles. The zero-order valence-corrected chi connectivity index (χ0v) is 11.4. The van der Waals surface area contributed by atoms with E-state index in [0.717, 1.165) is 5.82 Å². The molecule has 0 bridgehead atoms. The number of aromatic nitrogens is 3. The molecular weight excluding hydrogens is 270 g/mol. The van der Waals surface area contributed by atoms with Crippen LogP contribution in [0, 0.1) is 0 Å². The van der Waals surface area contributed by atoms with Crippen LogP contribution in [0.5, 0.6) is 0 Å². The molecular formula is C10H15N5O3S. The van der Waals surface area contributed by atoms with Crippen LogP contribution in [0.1, 0.15) is 24.6 Å². The van der Waals surface area contributed by atoms with Gasteiger partial charge in [-0.1, -0.05) is 0 Å². The topological polar surface area (TPSA) is 116 Å². The van der Waals surface area contributed by atoms with Crippen LogP contribution >= 0.6 is 0 Å². The van der Waals surface area contributed by atoms with Gasteiger partial charge in [-0.15, -0.1) is 10.2 Å². The van der Waals surface area contributed by atoms with Crippen LogP contribution in [0.4, 0.5) is 0 Å². The zero-order chi connectivity index (χ0) is 14.0. The second-order valence-electron chi connectivity index (χ2n) is 4.17. The third-order valence-electron chi connectivity index (χ3n) is 2.63. The third kappa shape index (κ3) is 3.19. The molecule has 104 valence electrons. The van der Waals surface area contributed by atoms with E-state index in [9.17, 15) is 8.42 Å². The van der Waals surface area contributed by atoms with Crippen molar-refractivity contribution in [1.29, 1.82) is 0 Å². The number of hydrogen-bond donors (Lipinski definition) is 2. The Morgan fingerprint density at radius 1 is 1.53 bits per heavy atom. The number of sulfonamides is 1. The van der Waals surface area contributed by atoms with Crippen LogP contribution in [0.2, 0.25) is 0 Å². The highest BCUT2D eigenvalue weighted by molar-refractivity contribution is 7.89. The molecule has 0 amide bonds. The molecule has 0 saturated carbocycles. The first-order valence-corrected chi connectivity index (χ1v) is 7.11. The Bertz CT molecular complexity index is 660. The molecule has 1 atom stereocenters. The molecule has 1 unspecified atom stereocenters. The van der Waals surface area contributed by atoms with Crippen LogP contribution in [0.25, 0.3) is 0 Å². The Kier molecular flexibility index (Phi) is 3.69. The Hall–Kier alpha value is -1.71. The first kappa shape index (κ1) is 13.7. The van der Waals surface area contributed by atoms with Crippen molar-refractivity contribution in [2.75, 3.05) is 0 Å². The van der Waals surface area contributed by atoms with Gasteiger partial charge in [-0.2, -0.15) is 0 Å². The lowest BCUT2D eigenvalue weighted by Gasteiger charge is -2.11. The first-order valence-electron chi connectivity index (χ1n) is 5.56. The van der Waals surface area contributed by atoms with Crippen molar-refractivity contribution in [3.05, 3.63) is 30.0 Å². The van der Waals surface area contributed by atoms with Gasteiger partial charge in [0.1, 0.15) is 17.9 Å². The fourth-order valence-electron chi connectivity index (χ4n) is 1.64. The lowest BCUT2D eigenvalue weighted by atomic mass is 10.3. The van der Waals surface area contributed by atoms with Crippen molar-refractivity contribution < 1.29 is 12.8 Å². The summed E-state index contributed by atoms with van der Waals surface area (Å²) in [5, 5.41) is 15.6. The molecule has 0 spiro atoms. The summed E-state index contributed by atoms with van der Waals surface area (Å²) in [7, 11) is -1.94. The van der Waals surface area contributed by atoms with E-state index in [4.69, 9.17) is 9.56 Å². The number of primary sulfonamides is 1. The number of furan rings is 1. The maximum atomic E-state index is 11.1. The number of nitrogens with zero attached hydrogens (tertiary/aromatic N) is 3. The second kappa shape index (κ2) is 5.11. The fourth-order valence-corrected chi connectivity index (χ4v) is 2.12. The van der Waals surface area contributed by atoms with Gasteiger partial charge in [-0.05, 0) is 19.1 Å². The monoisotopic (exact) mass is 285 g/mol. The van der Waals surface area contributed by atoms with Gasteiger partial charge in [0.2, 0.25) is 5.09 Å². The van der Waals surface area contributed by atoms with Gasteiger partial charge in [0.15, 0.2) is 0 Å². The summed E-state index contributed by atoms with van der Waals surface area (Å²) in [6.45, 7) is 2.29. The predicted molar refractivity (Wildman–Crippen MR) is 66.3 cm³/mol. The second-order valence-corrected chi connectivity index (χ2v) is 5.66. The molecule has 2 rings (SSSR count). The lowest BCUT2D eigenvalue weighted by Crippen LogP contribution is -2.20. The van der Waals surface area contributed by atoms with E-state index in [0.29, 0.717) is 12.3 Å². The summed E-state index contributed by atoms with van der Waals surface area (Å²) in [6.07, 6.45) is 1.61. The van der Waals surface area contributed by atoms with Gasteiger partial charge < -0.3 is 14.3 Å². The molecule has 19 heavy (non-hydrogen) atoms. The van der Waals surface area contributed by atoms with E-state index in [-0.39, 0.29) is 11.1 Å². The summed E-state index contributed by atoms with van der Waals surface area (Å²) in [4.78, 5) is 0. The smallest absolute Gasteiger partial charge is 0.271 e. The van der Waals surface area contributed by atoms with Crippen LogP contribution in [-0.2, 0) is 23.6 Å². The zero-order valence-electron chi connectivity index (χ0n) is 10.6. The lowest BCUT2D eigenvalue weighted by molar-refractivity contribution is 0.390. The Morgan fingerprint density at radius 2 is 2.26 bits per heavy atom. The maximum Gasteiger partial charge on any atom is 0.271 e. The minimum Gasteiger partial charge on any atom is -0.447 e. The van der Waals surface area contributed by atoms with Gasteiger partial charge in [-0.25, -0.2) is 13.6 Å². The molecule has 9 heteroatoms. The predicted octanol–water partition coefficient (Wildman–Crippen LogP) is -0.0937. The maximum absolute atomic E-state index is 11.1. The quantitative estimate of drug-likeness (QED) is 0.793. The summed E-state index contributed by atoms with van der Waals surface area (Å²) in [5.74, 6) is 1.26. The average molecular weight is 285 g/mol. The third-order valence-corrected chi connectivity index (χ3v) is 3.41. The van der Waals surface area contributed by atoms with E-state index in [1.807, 2.05) is 14.0 Å². The highest BCUT2D eigenvalue weighted by Crippen LogP contribution is 2.14.